The summed E-state index contributed by atoms with van der Waals surface area (Å²) in [6.45, 7) is 1.25. The molecule has 106 valence electrons. The van der Waals surface area contributed by atoms with E-state index in [4.69, 9.17) is 21.1 Å². The summed E-state index contributed by atoms with van der Waals surface area (Å²) in [5, 5.41) is 3.83. The Kier molecular flexibility index (Phi) is 5.27. The van der Waals surface area contributed by atoms with E-state index >= 15 is 0 Å². The van der Waals surface area contributed by atoms with Crippen molar-refractivity contribution >= 4 is 11.6 Å². The molecule has 0 aliphatic heterocycles. The number of halogens is 1. The predicted molar refractivity (Wildman–Crippen MR) is 81.5 cm³/mol. The molecule has 0 radical (unpaired) electrons. The Bertz CT molecular complexity index is 572. The van der Waals surface area contributed by atoms with E-state index in [9.17, 15) is 0 Å². The second-order valence-electron chi connectivity index (χ2n) is 4.43. The van der Waals surface area contributed by atoms with Crippen LogP contribution >= 0.6 is 11.6 Å². The molecule has 0 aliphatic carbocycles. The Labute approximate surface area is 124 Å². The first kappa shape index (κ1) is 14.7. The maximum absolute atomic E-state index is 5.96. The zero-order valence-electron chi connectivity index (χ0n) is 11.7. The molecule has 0 spiro atoms. The topological polar surface area (TPSA) is 30.5 Å². The molecule has 0 aliphatic rings. The summed E-state index contributed by atoms with van der Waals surface area (Å²) in [7, 11) is 3.55. The molecule has 0 atom stereocenters. The van der Waals surface area contributed by atoms with Crippen molar-refractivity contribution in [2.75, 3.05) is 14.2 Å². The molecule has 0 bridgehead atoms. The van der Waals surface area contributed by atoms with Crippen molar-refractivity contribution in [1.82, 2.24) is 5.32 Å². The molecule has 0 heterocycles. The molecule has 0 saturated carbocycles. The summed E-state index contributed by atoms with van der Waals surface area (Å²) < 4.78 is 11.2. The van der Waals surface area contributed by atoms with Crippen LogP contribution in [0.15, 0.2) is 42.5 Å². The monoisotopic (exact) mass is 291 g/mol. The van der Waals surface area contributed by atoms with Crippen LogP contribution in [0.2, 0.25) is 5.02 Å². The third kappa shape index (κ3) is 3.89. The average molecular weight is 292 g/mol. The van der Waals surface area contributed by atoms with Gasteiger partial charge >= 0.3 is 0 Å². The Morgan fingerprint density at radius 2 is 1.90 bits per heavy atom. The van der Waals surface area contributed by atoms with Crippen molar-refractivity contribution in [3.8, 4) is 11.5 Å². The van der Waals surface area contributed by atoms with Crippen LogP contribution in [0.4, 0.5) is 0 Å². The van der Waals surface area contributed by atoms with Crippen molar-refractivity contribution in [3.05, 3.63) is 58.6 Å². The van der Waals surface area contributed by atoms with Gasteiger partial charge in [-0.1, -0.05) is 29.8 Å². The highest BCUT2D eigenvalue weighted by Crippen LogP contribution is 2.29. The van der Waals surface area contributed by atoms with Gasteiger partial charge in [-0.05, 0) is 42.4 Å². The molecule has 2 aromatic carbocycles. The first-order valence-corrected chi connectivity index (χ1v) is 6.79. The summed E-state index contributed by atoms with van der Waals surface area (Å²) in [5.41, 5.74) is 2.17. The minimum atomic E-state index is 0.458. The van der Waals surface area contributed by atoms with Gasteiger partial charge in [0, 0.05) is 11.6 Å². The van der Waals surface area contributed by atoms with E-state index in [0.29, 0.717) is 11.6 Å². The summed E-state index contributed by atoms with van der Waals surface area (Å²) >= 11 is 5.96. The van der Waals surface area contributed by atoms with Crippen LogP contribution in [0.3, 0.4) is 0 Å². The van der Waals surface area contributed by atoms with Gasteiger partial charge in [0.05, 0.1) is 7.11 Å². The van der Waals surface area contributed by atoms with Crippen molar-refractivity contribution in [2.45, 2.75) is 13.2 Å². The standard InChI is InChI=1S/C16H18ClNO2/c1-18-10-12-6-7-15(19-2)16(9-12)20-11-13-4-3-5-14(17)8-13/h3-9,18H,10-11H2,1-2H3. The Hall–Kier alpha value is -1.71. The van der Waals surface area contributed by atoms with Gasteiger partial charge in [-0.3, -0.25) is 0 Å². The van der Waals surface area contributed by atoms with Crippen LogP contribution in [-0.4, -0.2) is 14.2 Å². The van der Waals surface area contributed by atoms with Crippen molar-refractivity contribution in [1.29, 1.82) is 0 Å². The minimum Gasteiger partial charge on any atom is -0.493 e. The average Bonchev–Trinajstić information content (AvgIpc) is 2.46. The fraction of sp³-hybridized carbons (Fsp3) is 0.250. The highest BCUT2D eigenvalue weighted by atomic mass is 35.5. The van der Waals surface area contributed by atoms with Crippen LogP contribution in [0.5, 0.6) is 11.5 Å². The van der Waals surface area contributed by atoms with Gasteiger partial charge in [0.1, 0.15) is 6.61 Å². The van der Waals surface area contributed by atoms with Gasteiger partial charge in [-0.15, -0.1) is 0 Å². The lowest BCUT2D eigenvalue weighted by atomic mass is 10.2. The molecule has 3 nitrogen and oxygen atoms in total. The van der Waals surface area contributed by atoms with E-state index in [2.05, 4.69) is 5.32 Å². The van der Waals surface area contributed by atoms with E-state index < -0.39 is 0 Å². The molecule has 2 aromatic rings. The highest BCUT2D eigenvalue weighted by molar-refractivity contribution is 6.30. The molecule has 2 rings (SSSR count). The third-order valence-corrected chi connectivity index (χ3v) is 3.13. The minimum absolute atomic E-state index is 0.458. The van der Waals surface area contributed by atoms with Gasteiger partial charge in [0.2, 0.25) is 0 Å². The van der Waals surface area contributed by atoms with Gasteiger partial charge < -0.3 is 14.8 Å². The lowest BCUT2D eigenvalue weighted by molar-refractivity contribution is 0.284. The number of nitrogens with one attached hydrogen (secondary N) is 1. The van der Waals surface area contributed by atoms with E-state index in [1.807, 2.05) is 49.5 Å². The summed E-state index contributed by atoms with van der Waals surface area (Å²) in [6.07, 6.45) is 0. The van der Waals surface area contributed by atoms with E-state index in [-0.39, 0.29) is 0 Å². The summed E-state index contributed by atoms with van der Waals surface area (Å²) in [5.74, 6) is 1.46. The van der Waals surface area contributed by atoms with Crippen LogP contribution in [0.1, 0.15) is 11.1 Å². The molecule has 1 N–H and O–H groups in total. The van der Waals surface area contributed by atoms with Crippen LogP contribution in [-0.2, 0) is 13.2 Å². The van der Waals surface area contributed by atoms with Crippen molar-refractivity contribution in [3.63, 3.8) is 0 Å². The molecular formula is C16H18ClNO2. The molecule has 0 fully saturated rings. The number of rotatable bonds is 6. The van der Waals surface area contributed by atoms with Crippen molar-refractivity contribution < 1.29 is 9.47 Å². The second kappa shape index (κ2) is 7.17. The largest absolute Gasteiger partial charge is 0.493 e. The van der Waals surface area contributed by atoms with Crippen LogP contribution in [0.25, 0.3) is 0 Å². The molecular weight excluding hydrogens is 274 g/mol. The highest BCUT2D eigenvalue weighted by Gasteiger charge is 2.06. The molecule has 20 heavy (non-hydrogen) atoms. The lowest BCUT2D eigenvalue weighted by Crippen LogP contribution is -2.05. The number of hydrogen-bond acceptors (Lipinski definition) is 3. The Balaban J connectivity index is 2.12. The van der Waals surface area contributed by atoms with Crippen LogP contribution < -0.4 is 14.8 Å². The molecule has 4 heteroatoms. The normalized spacial score (nSPS) is 10.3. The maximum Gasteiger partial charge on any atom is 0.161 e. The van der Waals surface area contributed by atoms with E-state index in [0.717, 1.165) is 29.2 Å². The predicted octanol–water partition coefficient (Wildman–Crippen LogP) is 3.65. The molecule has 0 saturated heterocycles. The number of methoxy groups -OCH3 is 1. The molecule has 0 unspecified atom stereocenters. The fourth-order valence-electron chi connectivity index (χ4n) is 1.94. The zero-order valence-corrected chi connectivity index (χ0v) is 12.4. The van der Waals surface area contributed by atoms with Gasteiger partial charge in [0.15, 0.2) is 11.5 Å². The second-order valence-corrected chi connectivity index (χ2v) is 4.87. The molecule has 0 aromatic heterocycles. The maximum atomic E-state index is 5.96. The fourth-order valence-corrected chi connectivity index (χ4v) is 2.15. The molecule has 0 amide bonds. The number of hydrogen-bond donors (Lipinski definition) is 1. The number of ether oxygens (including phenoxy) is 2. The quantitative estimate of drug-likeness (QED) is 0.881. The number of benzene rings is 2. The zero-order chi connectivity index (χ0) is 14.4. The first-order valence-electron chi connectivity index (χ1n) is 6.41. The van der Waals surface area contributed by atoms with Gasteiger partial charge in [0.25, 0.3) is 0 Å². The third-order valence-electron chi connectivity index (χ3n) is 2.89. The van der Waals surface area contributed by atoms with E-state index in [1.54, 1.807) is 7.11 Å². The van der Waals surface area contributed by atoms with Crippen molar-refractivity contribution in [2.24, 2.45) is 0 Å². The Morgan fingerprint density at radius 3 is 2.60 bits per heavy atom. The Morgan fingerprint density at radius 1 is 1.05 bits per heavy atom. The van der Waals surface area contributed by atoms with Gasteiger partial charge in [-0.2, -0.15) is 0 Å². The summed E-state index contributed by atoms with van der Waals surface area (Å²) in [4.78, 5) is 0. The summed E-state index contributed by atoms with van der Waals surface area (Å²) in [6, 6.07) is 13.6. The van der Waals surface area contributed by atoms with Gasteiger partial charge in [-0.25, -0.2) is 0 Å². The van der Waals surface area contributed by atoms with E-state index in [1.165, 1.54) is 0 Å². The smallest absolute Gasteiger partial charge is 0.161 e. The van der Waals surface area contributed by atoms with Crippen LogP contribution in [0, 0.1) is 0 Å². The SMILES string of the molecule is CNCc1ccc(OC)c(OCc2cccc(Cl)c2)c1. The lowest BCUT2D eigenvalue weighted by Gasteiger charge is -2.12. The first-order chi connectivity index (χ1) is 9.72.